The Kier molecular flexibility index (Phi) is 5.33. The first-order valence-corrected chi connectivity index (χ1v) is 11.3. The monoisotopic (exact) mass is 407 g/mol. The van der Waals surface area contributed by atoms with E-state index >= 15 is 0 Å². The van der Waals surface area contributed by atoms with Crippen molar-refractivity contribution >= 4 is 5.82 Å². The van der Waals surface area contributed by atoms with E-state index in [0.29, 0.717) is 5.92 Å². The molecule has 0 spiro atoms. The van der Waals surface area contributed by atoms with Crippen LogP contribution in [-0.2, 0) is 12.8 Å². The topological polar surface area (TPSA) is 29.9 Å². The average molecular weight is 408 g/mol. The van der Waals surface area contributed by atoms with Crippen molar-refractivity contribution in [3.63, 3.8) is 0 Å². The SMILES string of the molecule is CC(C)c1ccccc1-n1nc(CC(c2ccccc2)c2ccccc2)c2c1NCC2. The summed E-state index contributed by atoms with van der Waals surface area (Å²) in [7, 11) is 0. The second kappa shape index (κ2) is 8.43. The van der Waals surface area contributed by atoms with E-state index in [1.807, 2.05) is 0 Å². The van der Waals surface area contributed by atoms with Gasteiger partial charge in [-0.25, -0.2) is 4.68 Å². The fourth-order valence-corrected chi connectivity index (χ4v) is 4.74. The number of para-hydroxylation sites is 1. The molecule has 3 nitrogen and oxygen atoms in total. The van der Waals surface area contributed by atoms with Crippen molar-refractivity contribution in [1.82, 2.24) is 9.78 Å². The molecule has 156 valence electrons. The third-order valence-electron chi connectivity index (χ3n) is 6.32. The smallest absolute Gasteiger partial charge is 0.133 e. The van der Waals surface area contributed by atoms with Crippen LogP contribution in [0, 0.1) is 0 Å². The highest BCUT2D eigenvalue weighted by atomic mass is 15.3. The Bertz CT molecular complexity index is 1120. The normalized spacial score (nSPS) is 12.9. The van der Waals surface area contributed by atoms with E-state index in [1.165, 1.54) is 39.5 Å². The first kappa shape index (κ1) is 19.6. The zero-order chi connectivity index (χ0) is 21.2. The number of nitrogens with one attached hydrogen (secondary N) is 1. The highest BCUT2D eigenvalue weighted by molar-refractivity contribution is 5.59. The van der Waals surface area contributed by atoms with Crippen molar-refractivity contribution in [2.75, 3.05) is 11.9 Å². The molecule has 3 aromatic carbocycles. The Labute approximate surface area is 184 Å². The molecule has 2 heterocycles. The van der Waals surface area contributed by atoms with Gasteiger partial charge < -0.3 is 5.32 Å². The van der Waals surface area contributed by atoms with E-state index < -0.39 is 0 Å². The summed E-state index contributed by atoms with van der Waals surface area (Å²) < 4.78 is 2.15. The summed E-state index contributed by atoms with van der Waals surface area (Å²) in [5.41, 5.74) is 7.77. The van der Waals surface area contributed by atoms with Gasteiger partial charge in [0.25, 0.3) is 0 Å². The molecular weight excluding hydrogens is 378 g/mol. The fourth-order valence-electron chi connectivity index (χ4n) is 4.74. The molecule has 0 unspecified atom stereocenters. The Balaban J connectivity index is 1.59. The fraction of sp³-hybridized carbons (Fsp3) is 0.250. The van der Waals surface area contributed by atoms with Crippen LogP contribution in [0.4, 0.5) is 5.82 Å². The molecule has 3 heteroatoms. The number of aromatic nitrogens is 2. The van der Waals surface area contributed by atoms with Crippen LogP contribution in [0.3, 0.4) is 0 Å². The van der Waals surface area contributed by atoms with Gasteiger partial charge in [0.15, 0.2) is 0 Å². The minimum Gasteiger partial charge on any atom is -0.369 e. The lowest BCUT2D eigenvalue weighted by atomic mass is 9.86. The number of hydrogen-bond donors (Lipinski definition) is 1. The summed E-state index contributed by atoms with van der Waals surface area (Å²) in [5, 5.41) is 8.80. The maximum absolute atomic E-state index is 5.19. The lowest BCUT2D eigenvalue weighted by Gasteiger charge is -2.18. The quantitative estimate of drug-likeness (QED) is 0.404. The third kappa shape index (κ3) is 3.76. The summed E-state index contributed by atoms with van der Waals surface area (Å²) in [6.07, 6.45) is 1.93. The number of anilines is 1. The van der Waals surface area contributed by atoms with Crippen molar-refractivity contribution in [1.29, 1.82) is 0 Å². The maximum Gasteiger partial charge on any atom is 0.133 e. The summed E-state index contributed by atoms with van der Waals surface area (Å²) in [6.45, 7) is 5.47. The van der Waals surface area contributed by atoms with Gasteiger partial charge in [-0.2, -0.15) is 5.10 Å². The van der Waals surface area contributed by atoms with Gasteiger partial charge in [0.05, 0.1) is 11.4 Å². The summed E-state index contributed by atoms with van der Waals surface area (Å²) in [4.78, 5) is 0. The van der Waals surface area contributed by atoms with Crippen molar-refractivity contribution < 1.29 is 0 Å². The van der Waals surface area contributed by atoms with Gasteiger partial charge in [0.1, 0.15) is 5.82 Å². The van der Waals surface area contributed by atoms with Crippen LogP contribution in [0.15, 0.2) is 84.9 Å². The predicted molar refractivity (Wildman–Crippen MR) is 128 cm³/mol. The van der Waals surface area contributed by atoms with Crippen LogP contribution >= 0.6 is 0 Å². The maximum atomic E-state index is 5.19. The largest absolute Gasteiger partial charge is 0.369 e. The molecule has 5 rings (SSSR count). The minimum atomic E-state index is 0.288. The van der Waals surface area contributed by atoms with E-state index in [0.717, 1.165) is 19.4 Å². The summed E-state index contributed by atoms with van der Waals surface area (Å²) >= 11 is 0. The number of benzene rings is 3. The molecule has 4 aromatic rings. The molecule has 0 atom stereocenters. The molecule has 31 heavy (non-hydrogen) atoms. The molecule has 0 bridgehead atoms. The third-order valence-corrected chi connectivity index (χ3v) is 6.32. The Morgan fingerprint density at radius 1 is 0.839 bits per heavy atom. The van der Waals surface area contributed by atoms with Gasteiger partial charge >= 0.3 is 0 Å². The van der Waals surface area contributed by atoms with E-state index in [4.69, 9.17) is 5.10 Å². The molecule has 1 aliphatic rings. The Morgan fingerprint density at radius 2 is 1.45 bits per heavy atom. The van der Waals surface area contributed by atoms with Crippen LogP contribution in [0.25, 0.3) is 5.69 Å². The van der Waals surface area contributed by atoms with Gasteiger partial charge in [-0.15, -0.1) is 0 Å². The van der Waals surface area contributed by atoms with Crippen molar-refractivity contribution in [3.8, 4) is 5.69 Å². The first-order valence-electron chi connectivity index (χ1n) is 11.3. The van der Waals surface area contributed by atoms with Crippen LogP contribution in [0.2, 0.25) is 0 Å². The molecule has 0 fully saturated rings. The van der Waals surface area contributed by atoms with Crippen LogP contribution in [0.1, 0.15) is 53.6 Å². The number of rotatable bonds is 6. The highest BCUT2D eigenvalue weighted by Crippen LogP contribution is 2.35. The van der Waals surface area contributed by atoms with Crippen LogP contribution in [0.5, 0.6) is 0 Å². The van der Waals surface area contributed by atoms with E-state index in [-0.39, 0.29) is 5.92 Å². The molecule has 1 aliphatic heterocycles. The molecule has 0 amide bonds. The van der Waals surface area contributed by atoms with Gasteiger partial charge in [-0.05, 0) is 35.1 Å². The van der Waals surface area contributed by atoms with E-state index in [2.05, 4.69) is 109 Å². The Morgan fingerprint density at radius 3 is 2.10 bits per heavy atom. The lowest BCUT2D eigenvalue weighted by molar-refractivity contribution is 0.738. The van der Waals surface area contributed by atoms with Gasteiger partial charge in [-0.3, -0.25) is 0 Å². The first-order chi connectivity index (χ1) is 15.2. The predicted octanol–water partition coefficient (Wildman–Crippen LogP) is 6.34. The van der Waals surface area contributed by atoms with Gasteiger partial charge in [0, 0.05) is 24.4 Å². The lowest BCUT2D eigenvalue weighted by Crippen LogP contribution is -2.10. The molecule has 0 aliphatic carbocycles. The number of fused-ring (bicyclic) bond motifs is 1. The van der Waals surface area contributed by atoms with Crippen LogP contribution < -0.4 is 5.32 Å². The highest BCUT2D eigenvalue weighted by Gasteiger charge is 2.27. The van der Waals surface area contributed by atoms with Gasteiger partial charge in [0.2, 0.25) is 0 Å². The second-order valence-electron chi connectivity index (χ2n) is 8.65. The van der Waals surface area contributed by atoms with E-state index in [1.54, 1.807) is 0 Å². The van der Waals surface area contributed by atoms with Crippen molar-refractivity contribution in [2.45, 2.75) is 38.5 Å². The molecule has 0 radical (unpaired) electrons. The second-order valence-corrected chi connectivity index (χ2v) is 8.65. The van der Waals surface area contributed by atoms with Crippen molar-refractivity contribution in [2.24, 2.45) is 0 Å². The average Bonchev–Trinajstić information content (AvgIpc) is 3.42. The standard InChI is InChI=1S/C28H29N3/c1-20(2)23-15-9-10-16-27(23)31-28-24(17-18-29-28)26(30-31)19-25(21-11-5-3-6-12-21)22-13-7-4-8-14-22/h3-16,20,25,29H,17-19H2,1-2H3. The van der Waals surface area contributed by atoms with Crippen LogP contribution in [-0.4, -0.2) is 16.3 Å². The summed E-state index contributed by atoms with van der Waals surface area (Å²) in [5.74, 6) is 1.90. The van der Waals surface area contributed by atoms with Crippen molar-refractivity contribution in [3.05, 3.63) is 113 Å². The van der Waals surface area contributed by atoms with Gasteiger partial charge in [-0.1, -0.05) is 92.7 Å². The zero-order valence-corrected chi connectivity index (χ0v) is 18.3. The van der Waals surface area contributed by atoms with E-state index in [9.17, 15) is 0 Å². The molecule has 1 N–H and O–H groups in total. The minimum absolute atomic E-state index is 0.288. The molecule has 0 saturated carbocycles. The molecular formula is C28H29N3. The number of hydrogen-bond acceptors (Lipinski definition) is 2. The Hall–Kier alpha value is -3.33. The zero-order valence-electron chi connectivity index (χ0n) is 18.3. The number of nitrogens with zero attached hydrogens (tertiary/aromatic N) is 2. The molecule has 1 aromatic heterocycles. The summed E-state index contributed by atoms with van der Waals surface area (Å²) in [6, 6.07) is 30.3. The molecule has 0 saturated heterocycles.